The van der Waals surface area contributed by atoms with Crippen LogP contribution in [0.3, 0.4) is 0 Å². The van der Waals surface area contributed by atoms with Crippen LogP contribution in [0.2, 0.25) is 0 Å². The smallest absolute Gasteiger partial charge is 0.125 e. The van der Waals surface area contributed by atoms with E-state index in [0.717, 1.165) is 43.1 Å². The zero-order chi connectivity index (χ0) is 14.8. The molecule has 0 radical (unpaired) electrons. The summed E-state index contributed by atoms with van der Waals surface area (Å²) in [5.74, 6) is 2.45. The predicted octanol–water partition coefficient (Wildman–Crippen LogP) is 2.71. The number of hydrogen-bond acceptors (Lipinski definition) is 4. The van der Waals surface area contributed by atoms with Crippen LogP contribution in [0.25, 0.3) is 0 Å². The van der Waals surface area contributed by atoms with Gasteiger partial charge in [0.1, 0.15) is 17.6 Å². The van der Waals surface area contributed by atoms with Crippen LogP contribution < -0.4 is 14.8 Å². The van der Waals surface area contributed by atoms with E-state index in [0.29, 0.717) is 12.5 Å². The van der Waals surface area contributed by atoms with Crippen LogP contribution in [0.15, 0.2) is 12.1 Å². The van der Waals surface area contributed by atoms with Gasteiger partial charge in [-0.05, 0) is 39.4 Å². The molecule has 116 valence electrons. The molecule has 0 saturated carbocycles. The molecule has 3 rings (SSSR count). The third-order valence-corrected chi connectivity index (χ3v) is 4.32. The summed E-state index contributed by atoms with van der Waals surface area (Å²) in [6, 6.07) is 4.29. The minimum Gasteiger partial charge on any atom is -0.493 e. The number of benzene rings is 1. The van der Waals surface area contributed by atoms with Gasteiger partial charge in [0, 0.05) is 36.6 Å². The lowest BCUT2D eigenvalue weighted by atomic mass is 9.93. The standard InChI is InChI=1S/C17H25NO3/c1-4-19-16-8-13-7-11(2)21-15(13)9-14(16)17-12(10-18-3)5-6-20-17/h8-9,11-12,17-18H,4-7,10H2,1-3H3. The van der Waals surface area contributed by atoms with E-state index in [2.05, 4.69) is 24.4 Å². The summed E-state index contributed by atoms with van der Waals surface area (Å²) >= 11 is 0. The normalized spacial score (nSPS) is 27.5. The number of nitrogens with one attached hydrogen (secondary N) is 1. The predicted molar refractivity (Wildman–Crippen MR) is 82.1 cm³/mol. The summed E-state index contributed by atoms with van der Waals surface area (Å²) in [5.41, 5.74) is 2.39. The van der Waals surface area contributed by atoms with Gasteiger partial charge in [0.15, 0.2) is 0 Å². The molecule has 1 saturated heterocycles. The van der Waals surface area contributed by atoms with Crippen molar-refractivity contribution in [1.29, 1.82) is 0 Å². The molecular weight excluding hydrogens is 266 g/mol. The molecule has 21 heavy (non-hydrogen) atoms. The summed E-state index contributed by atoms with van der Waals surface area (Å²) < 4.78 is 17.8. The maximum atomic E-state index is 6.00. The molecule has 3 atom stereocenters. The molecule has 4 heteroatoms. The molecule has 1 aromatic carbocycles. The van der Waals surface area contributed by atoms with Crippen LogP contribution >= 0.6 is 0 Å². The highest BCUT2D eigenvalue weighted by molar-refractivity contribution is 5.50. The molecule has 4 nitrogen and oxygen atoms in total. The van der Waals surface area contributed by atoms with Gasteiger partial charge >= 0.3 is 0 Å². The number of rotatable bonds is 5. The highest BCUT2D eigenvalue weighted by atomic mass is 16.5. The molecular formula is C17H25NO3. The molecule has 0 bridgehead atoms. The number of fused-ring (bicyclic) bond motifs is 1. The molecule has 2 aliphatic heterocycles. The Morgan fingerprint density at radius 2 is 2.24 bits per heavy atom. The van der Waals surface area contributed by atoms with Gasteiger partial charge in [0.25, 0.3) is 0 Å². The van der Waals surface area contributed by atoms with Crippen molar-refractivity contribution in [3.05, 3.63) is 23.3 Å². The quantitative estimate of drug-likeness (QED) is 0.905. The summed E-state index contributed by atoms with van der Waals surface area (Å²) in [6.45, 7) is 6.58. The van der Waals surface area contributed by atoms with Gasteiger partial charge in [-0.25, -0.2) is 0 Å². The number of hydrogen-bond donors (Lipinski definition) is 1. The molecule has 2 heterocycles. The van der Waals surface area contributed by atoms with Crippen molar-refractivity contribution >= 4 is 0 Å². The molecule has 1 N–H and O–H groups in total. The Kier molecular flexibility index (Phi) is 4.36. The maximum Gasteiger partial charge on any atom is 0.125 e. The van der Waals surface area contributed by atoms with Crippen molar-refractivity contribution in [2.45, 2.75) is 38.9 Å². The van der Waals surface area contributed by atoms with Crippen molar-refractivity contribution in [2.24, 2.45) is 5.92 Å². The first-order valence-corrected chi connectivity index (χ1v) is 7.95. The van der Waals surface area contributed by atoms with Crippen LogP contribution in [0.5, 0.6) is 11.5 Å². The van der Waals surface area contributed by atoms with Crippen molar-refractivity contribution in [3.63, 3.8) is 0 Å². The molecule has 2 aliphatic rings. The Morgan fingerprint density at radius 3 is 3.00 bits per heavy atom. The van der Waals surface area contributed by atoms with Crippen molar-refractivity contribution in [3.8, 4) is 11.5 Å². The summed E-state index contributed by atoms with van der Waals surface area (Å²) in [7, 11) is 1.99. The number of ether oxygens (including phenoxy) is 3. The lowest BCUT2D eigenvalue weighted by Gasteiger charge is -2.22. The summed E-state index contributed by atoms with van der Waals surface area (Å²) in [5, 5.41) is 3.27. The lowest BCUT2D eigenvalue weighted by molar-refractivity contribution is 0.0878. The van der Waals surface area contributed by atoms with Crippen LogP contribution in [0, 0.1) is 5.92 Å². The zero-order valence-corrected chi connectivity index (χ0v) is 13.1. The Hall–Kier alpha value is -1.26. The van der Waals surface area contributed by atoms with E-state index in [1.807, 2.05) is 14.0 Å². The maximum absolute atomic E-state index is 6.00. The van der Waals surface area contributed by atoms with Crippen LogP contribution in [0.1, 0.15) is 37.5 Å². The molecule has 3 unspecified atom stereocenters. The first-order valence-electron chi connectivity index (χ1n) is 7.95. The molecule has 0 spiro atoms. The van der Waals surface area contributed by atoms with E-state index < -0.39 is 0 Å². The minimum absolute atomic E-state index is 0.101. The van der Waals surface area contributed by atoms with Crippen LogP contribution in [-0.4, -0.2) is 32.9 Å². The van der Waals surface area contributed by atoms with Crippen LogP contribution in [-0.2, 0) is 11.2 Å². The Balaban J connectivity index is 1.94. The molecule has 0 aromatic heterocycles. The van der Waals surface area contributed by atoms with Crippen molar-refractivity contribution in [1.82, 2.24) is 5.32 Å². The van der Waals surface area contributed by atoms with Crippen LogP contribution in [0.4, 0.5) is 0 Å². The second-order valence-corrected chi connectivity index (χ2v) is 5.96. The fourth-order valence-corrected chi connectivity index (χ4v) is 3.41. The average Bonchev–Trinajstić information content (AvgIpc) is 3.04. The van der Waals surface area contributed by atoms with E-state index >= 15 is 0 Å². The first kappa shape index (κ1) is 14.7. The van der Waals surface area contributed by atoms with Gasteiger partial charge in [-0.15, -0.1) is 0 Å². The van der Waals surface area contributed by atoms with Gasteiger partial charge in [0.05, 0.1) is 12.7 Å². The van der Waals surface area contributed by atoms with Crippen molar-refractivity contribution < 1.29 is 14.2 Å². The fourth-order valence-electron chi connectivity index (χ4n) is 3.41. The Morgan fingerprint density at radius 1 is 1.38 bits per heavy atom. The van der Waals surface area contributed by atoms with Gasteiger partial charge in [-0.2, -0.15) is 0 Å². The summed E-state index contributed by atoms with van der Waals surface area (Å²) in [6.07, 6.45) is 2.40. The van der Waals surface area contributed by atoms with Crippen molar-refractivity contribution in [2.75, 3.05) is 26.8 Å². The molecule has 1 fully saturated rings. The third-order valence-electron chi connectivity index (χ3n) is 4.32. The van der Waals surface area contributed by atoms with Gasteiger partial charge in [-0.1, -0.05) is 0 Å². The molecule has 0 aliphatic carbocycles. The minimum atomic E-state index is 0.101. The molecule has 0 amide bonds. The van der Waals surface area contributed by atoms with Gasteiger partial charge in [-0.3, -0.25) is 0 Å². The second-order valence-electron chi connectivity index (χ2n) is 5.96. The lowest BCUT2D eigenvalue weighted by Crippen LogP contribution is -2.22. The summed E-state index contributed by atoms with van der Waals surface area (Å²) in [4.78, 5) is 0. The van der Waals surface area contributed by atoms with E-state index in [9.17, 15) is 0 Å². The second kappa shape index (κ2) is 6.24. The highest BCUT2D eigenvalue weighted by Gasteiger charge is 2.33. The monoisotopic (exact) mass is 291 g/mol. The average molecular weight is 291 g/mol. The zero-order valence-electron chi connectivity index (χ0n) is 13.1. The Bertz CT molecular complexity index is 503. The third kappa shape index (κ3) is 2.87. The first-order chi connectivity index (χ1) is 10.2. The molecule has 1 aromatic rings. The van der Waals surface area contributed by atoms with E-state index in [1.165, 1.54) is 5.56 Å². The van der Waals surface area contributed by atoms with Gasteiger partial charge < -0.3 is 19.5 Å². The Labute approximate surface area is 126 Å². The van der Waals surface area contributed by atoms with Gasteiger partial charge in [0.2, 0.25) is 0 Å². The van der Waals surface area contributed by atoms with E-state index in [4.69, 9.17) is 14.2 Å². The fraction of sp³-hybridized carbons (Fsp3) is 0.647. The van der Waals surface area contributed by atoms with E-state index in [-0.39, 0.29) is 12.2 Å². The van der Waals surface area contributed by atoms with E-state index in [1.54, 1.807) is 0 Å². The largest absolute Gasteiger partial charge is 0.493 e. The SMILES string of the molecule is CCOc1cc2c(cc1C1OCCC1CNC)OC(C)C2. The topological polar surface area (TPSA) is 39.7 Å². The highest BCUT2D eigenvalue weighted by Crippen LogP contribution is 2.43.